The molecule has 2 aromatic carbocycles. The van der Waals surface area contributed by atoms with Crippen molar-refractivity contribution >= 4 is 23.4 Å². The topological polar surface area (TPSA) is 69.4 Å². The summed E-state index contributed by atoms with van der Waals surface area (Å²) in [6, 6.07) is 13.6. The molecule has 0 radical (unpaired) electrons. The Balaban J connectivity index is 2.02. The van der Waals surface area contributed by atoms with Gasteiger partial charge in [-0.25, -0.2) is 4.79 Å². The number of ether oxygens (including phenoxy) is 1. The third-order valence-corrected chi connectivity index (χ3v) is 3.88. The van der Waals surface area contributed by atoms with Crippen LogP contribution >= 0.6 is 11.8 Å². The molecule has 0 saturated carbocycles. The summed E-state index contributed by atoms with van der Waals surface area (Å²) in [4.78, 5) is 22.5. The highest BCUT2D eigenvalue weighted by atomic mass is 32.2. The number of nitrogens with zero attached hydrogens (tertiary/aromatic N) is 1. The van der Waals surface area contributed by atoms with E-state index in [2.05, 4.69) is 4.74 Å². The van der Waals surface area contributed by atoms with Gasteiger partial charge in [0.1, 0.15) is 0 Å². The summed E-state index contributed by atoms with van der Waals surface area (Å²) >= 11 is 1.55. The Kier molecular flexibility index (Phi) is 4.94. The van der Waals surface area contributed by atoms with Gasteiger partial charge in [0.05, 0.1) is 17.6 Å². The van der Waals surface area contributed by atoms with Crippen molar-refractivity contribution in [2.75, 3.05) is 7.11 Å². The SMILES string of the molecule is COC(=O)c1cccc(CSc2ccc([N+](=O)[O-])cc2)c1. The van der Waals surface area contributed by atoms with Gasteiger partial charge in [0.25, 0.3) is 5.69 Å². The Morgan fingerprint density at radius 3 is 2.57 bits per heavy atom. The monoisotopic (exact) mass is 303 g/mol. The first kappa shape index (κ1) is 15.1. The van der Waals surface area contributed by atoms with Crippen molar-refractivity contribution in [1.29, 1.82) is 0 Å². The van der Waals surface area contributed by atoms with Crippen LogP contribution in [0.2, 0.25) is 0 Å². The van der Waals surface area contributed by atoms with Crippen LogP contribution < -0.4 is 0 Å². The molecule has 0 fully saturated rings. The third-order valence-electron chi connectivity index (χ3n) is 2.80. The predicted molar refractivity (Wildman–Crippen MR) is 80.4 cm³/mol. The number of nitro benzene ring substituents is 1. The molecule has 0 amide bonds. The highest BCUT2D eigenvalue weighted by Crippen LogP contribution is 2.25. The van der Waals surface area contributed by atoms with Crippen LogP contribution in [0.15, 0.2) is 53.4 Å². The Labute approximate surface area is 126 Å². The molecule has 0 aliphatic rings. The normalized spacial score (nSPS) is 10.1. The van der Waals surface area contributed by atoms with Crippen molar-refractivity contribution in [2.45, 2.75) is 10.6 Å². The van der Waals surface area contributed by atoms with Crippen molar-refractivity contribution in [1.82, 2.24) is 0 Å². The lowest BCUT2D eigenvalue weighted by Crippen LogP contribution is -2.01. The standard InChI is InChI=1S/C15H13NO4S/c1-20-15(17)12-4-2-3-11(9-12)10-21-14-7-5-13(6-8-14)16(18)19/h2-9H,10H2,1H3. The van der Waals surface area contributed by atoms with E-state index >= 15 is 0 Å². The summed E-state index contributed by atoms with van der Waals surface area (Å²) in [7, 11) is 1.35. The average molecular weight is 303 g/mol. The molecule has 0 unspecified atom stereocenters. The number of thioether (sulfide) groups is 1. The molecule has 6 heteroatoms. The first-order valence-electron chi connectivity index (χ1n) is 6.14. The second-order valence-electron chi connectivity index (χ2n) is 4.23. The van der Waals surface area contributed by atoms with Gasteiger partial charge in [-0.1, -0.05) is 12.1 Å². The number of nitro groups is 1. The zero-order chi connectivity index (χ0) is 15.2. The Bertz CT molecular complexity index is 655. The lowest BCUT2D eigenvalue weighted by atomic mass is 10.1. The number of hydrogen-bond acceptors (Lipinski definition) is 5. The first-order chi connectivity index (χ1) is 10.1. The largest absolute Gasteiger partial charge is 0.465 e. The molecule has 0 saturated heterocycles. The van der Waals surface area contributed by atoms with Crippen LogP contribution in [0.4, 0.5) is 5.69 Å². The quantitative estimate of drug-likeness (QED) is 0.365. The molecule has 0 aliphatic heterocycles. The molecule has 0 heterocycles. The van der Waals surface area contributed by atoms with Crippen LogP contribution in [0.1, 0.15) is 15.9 Å². The minimum absolute atomic E-state index is 0.0760. The van der Waals surface area contributed by atoms with E-state index in [0.29, 0.717) is 11.3 Å². The van der Waals surface area contributed by atoms with E-state index in [9.17, 15) is 14.9 Å². The number of esters is 1. The first-order valence-corrected chi connectivity index (χ1v) is 7.13. The summed E-state index contributed by atoms with van der Waals surface area (Å²) in [6.07, 6.45) is 0. The fraction of sp³-hybridized carbons (Fsp3) is 0.133. The lowest BCUT2D eigenvalue weighted by Gasteiger charge is -2.04. The number of rotatable bonds is 5. The van der Waals surface area contributed by atoms with Gasteiger partial charge < -0.3 is 4.74 Å². The minimum Gasteiger partial charge on any atom is -0.465 e. The predicted octanol–water partition coefficient (Wildman–Crippen LogP) is 3.67. The molecular weight excluding hydrogens is 290 g/mol. The number of carbonyl (C=O) groups excluding carboxylic acids is 1. The molecule has 0 aliphatic carbocycles. The Morgan fingerprint density at radius 2 is 1.95 bits per heavy atom. The fourth-order valence-electron chi connectivity index (χ4n) is 1.74. The summed E-state index contributed by atoms with van der Waals surface area (Å²) in [5, 5.41) is 10.6. The number of methoxy groups -OCH3 is 1. The van der Waals surface area contributed by atoms with Crippen molar-refractivity contribution in [3.8, 4) is 0 Å². The molecule has 0 atom stereocenters. The maximum absolute atomic E-state index is 11.4. The van der Waals surface area contributed by atoms with E-state index in [1.165, 1.54) is 19.2 Å². The number of carbonyl (C=O) groups is 1. The van der Waals surface area contributed by atoms with Crippen molar-refractivity contribution in [3.63, 3.8) is 0 Å². The molecule has 5 nitrogen and oxygen atoms in total. The number of benzene rings is 2. The van der Waals surface area contributed by atoms with Crippen molar-refractivity contribution in [2.24, 2.45) is 0 Å². The van der Waals surface area contributed by atoms with E-state index in [4.69, 9.17) is 0 Å². The molecule has 2 aromatic rings. The van der Waals surface area contributed by atoms with Gasteiger partial charge in [-0.15, -0.1) is 11.8 Å². The maximum atomic E-state index is 11.4. The molecule has 2 rings (SSSR count). The van der Waals surface area contributed by atoms with E-state index in [1.54, 1.807) is 42.1 Å². The van der Waals surface area contributed by atoms with Gasteiger partial charge in [0, 0.05) is 22.8 Å². The minimum atomic E-state index is -0.422. The third kappa shape index (κ3) is 4.06. The second kappa shape index (κ2) is 6.90. The van der Waals surface area contributed by atoms with Gasteiger partial charge in [-0.05, 0) is 29.8 Å². The molecule has 21 heavy (non-hydrogen) atoms. The highest BCUT2D eigenvalue weighted by molar-refractivity contribution is 7.98. The zero-order valence-corrected chi connectivity index (χ0v) is 12.1. The van der Waals surface area contributed by atoms with Crippen LogP contribution in [0.3, 0.4) is 0 Å². The van der Waals surface area contributed by atoms with Gasteiger partial charge >= 0.3 is 5.97 Å². The van der Waals surface area contributed by atoms with Gasteiger partial charge in [0.2, 0.25) is 0 Å². The molecular formula is C15H13NO4S. The maximum Gasteiger partial charge on any atom is 0.337 e. The van der Waals surface area contributed by atoms with E-state index in [-0.39, 0.29) is 11.7 Å². The van der Waals surface area contributed by atoms with Gasteiger partial charge in [-0.3, -0.25) is 10.1 Å². The van der Waals surface area contributed by atoms with Crippen LogP contribution in [0, 0.1) is 10.1 Å². The van der Waals surface area contributed by atoms with Crippen LogP contribution in [0.5, 0.6) is 0 Å². The van der Waals surface area contributed by atoms with Gasteiger partial charge in [-0.2, -0.15) is 0 Å². The summed E-state index contributed by atoms with van der Waals surface area (Å²) in [5.41, 5.74) is 1.58. The van der Waals surface area contributed by atoms with Crippen LogP contribution in [-0.4, -0.2) is 18.0 Å². The molecule has 108 valence electrons. The second-order valence-corrected chi connectivity index (χ2v) is 5.28. The van der Waals surface area contributed by atoms with E-state index in [0.717, 1.165) is 10.5 Å². The Morgan fingerprint density at radius 1 is 1.24 bits per heavy atom. The summed E-state index contributed by atoms with van der Waals surface area (Å²) in [6.45, 7) is 0. The number of non-ortho nitro benzene ring substituents is 1. The molecule has 0 N–H and O–H groups in total. The molecule has 0 aromatic heterocycles. The van der Waals surface area contributed by atoms with Gasteiger partial charge in [0.15, 0.2) is 0 Å². The average Bonchev–Trinajstić information content (AvgIpc) is 2.52. The number of hydrogen-bond donors (Lipinski definition) is 0. The van der Waals surface area contributed by atoms with E-state index in [1.807, 2.05) is 6.07 Å². The fourth-order valence-corrected chi connectivity index (χ4v) is 2.58. The molecule has 0 spiro atoms. The van der Waals surface area contributed by atoms with Crippen molar-refractivity contribution in [3.05, 3.63) is 69.8 Å². The molecule has 0 bridgehead atoms. The van der Waals surface area contributed by atoms with Crippen LogP contribution in [-0.2, 0) is 10.5 Å². The lowest BCUT2D eigenvalue weighted by molar-refractivity contribution is -0.384. The zero-order valence-electron chi connectivity index (χ0n) is 11.3. The van der Waals surface area contributed by atoms with Crippen LogP contribution in [0.25, 0.3) is 0 Å². The highest BCUT2D eigenvalue weighted by Gasteiger charge is 2.07. The Hall–Kier alpha value is -2.34. The smallest absolute Gasteiger partial charge is 0.337 e. The van der Waals surface area contributed by atoms with Crippen molar-refractivity contribution < 1.29 is 14.5 Å². The summed E-state index contributed by atoms with van der Waals surface area (Å²) < 4.78 is 4.68. The summed E-state index contributed by atoms with van der Waals surface area (Å²) in [5.74, 6) is 0.306. The van der Waals surface area contributed by atoms with E-state index < -0.39 is 4.92 Å².